The van der Waals surface area contributed by atoms with Crippen LogP contribution < -0.4 is 5.32 Å². The monoisotopic (exact) mass is 419 g/mol. The molecule has 2 aromatic rings. The number of hydrogen-bond acceptors (Lipinski definition) is 6. The van der Waals surface area contributed by atoms with Crippen LogP contribution in [-0.2, 0) is 25.6 Å². The van der Waals surface area contributed by atoms with Crippen LogP contribution >= 0.6 is 11.6 Å². The molecule has 0 aliphatic rings. The second kappa shape index (κ2) is 9.88. The molecule has 0 radical (unpaired) electrons. The number of amides is 2. The van der Waals surface area contributed by atoms with Gasteiger partial charge in [0.15, 0.2) is 6.10 Å². The molecule has 0 unspecified atom stereocenters. The van der Waals surface area contributed by atoms with Gasteiger partial charge in [-0.3, -0.25) is 14.8 Å². The van der Waals surface area contributed by atoms with E-state index in [-0.39, 0.29) is 0 Å². The fraction of sp³-hybridized carbons (Fsp3) is 0.300. The highest BCUT2D eigenvalue weighted by molar-refractivity contribution is 6.31. The van der Waals surface area contributed by atoms with Crippen molar-refractivity contribution in [2.24, 2.45) is 0 Å². The quantitative estimate of drug-likeness (QED) is 0.570. The van der Waals surface area contributed by atoms with Crippen molar-refractivity contribution in [2.75, 3.05) is 7.11 Å². The minimum atomic E-state index is -1.16. The van der Waals surface area contributed by atoms with Crippen molar-refractivity contribution in [3.05, 3.63) is 57.9 Å². The number of ether oxygens (including phenoxy) is 2. The van der Waals surface area contributed by atoms with E-state index in [9.17, 15) is 14.4 Å². The van der Waals surface area contributed by atoms with Gasteiger partial charge in [0.05, 0.1) is 19.3 Å². The summed E-state index contributed by atoms with van der Waals surface area (Å²) < 4.78 is 11.1. The standard InChI is InChI=1S/C20H22ClN3O5/c1-12-16(9-10-18(25)29-14(3)19(26)22-20(27)28-4)13(2)24(23-12)11-15-7-5-6-8-17(15)21/h5-10,14H,11H2,1-4H3,(H,22,26,27)/b10-9+/t14-/m0/s1. The molecule has 2 rings (SSSR count). The third-order valence-electron chi connectivity index (χ3n) is 4.17. The molecule has 154 valence electrons. The minimum Gasteiger partial charge on any atom is -0.453 e. The summed E-state index contributed by atoms with van der Waals surface area (Å²) in [5.41, 5.74) is 3.28. The van der Waals surface area contributed by atoms with Gasteiger partial charge in [0.2, 0.25) is 0 Å². The van der Waals surface area contributed by atoms with Crippen LogP contribution in [0.1, 0.15) is 29.4 Å². The first-order valence-corrected chi connectivity index (χ1v) is 9.15. The van der Waals surface area contributed by atoms with Crippen molar-refractivity contribution in [1.82, 2.24) is 15.1 Å². The van der Waals surface area contributed by atoms with Crippen LogP contribution in [0.25, 0.3) is 6.08 Å². The summed E-state index contributed by atoms with van der Waals surface area (Å²) in [6, 6.07) is 7.50. The van der Waals surface area contributed by atoms with Crippen LogP contribution in [0.3, 0.4) is 0 Å². The summed E-state index contributed by atoms with van der Waals surface area (Å²) >= 11 is 6.21. The van der Waals surface area contributed by atoms with Gasteiger partial charge in [0.1, 0.15) is 0 Å². The largest absolute Gasteiger partial charge is 0.453 e. The zero-order chi connectivity index (χ0) is 21.6. The first kappa shape index (κ1) is 22.2. The maximum Gasteiger partial charge on any atom is 0.413 e. The summed E-state index contributed by atoms with van der Waals surface area (Å²) in [6.07, 6.45) is 0.703. The molecule has 8 nitrogen and oxygen atoms in total. The van der Waals surface area contributed by atoms with Crippen LogP contribution in [0.15, 0.2) is 30.3 Å². The number of esters is 1. The number of hydrogen-bond donors (Lipinski definition) is 1. The maximum absolute atomic E-state index is 12.0. The Morgan fingerprint density at radius 1 is 1.28 bits per heavy atom. The van der Waals surface area contributed by atoms with Gasteiger partial charge >= 0.3 is 12.1 Å². The molecular weight excluding hydrogens is 398 g/mol. The Labute approximate surface area is 173 Å². The lowest BCUT2D eigenvalue weighted by atomic mass is 10.1. The number of aryl methyl sites for hydroxylation is 1. The number of carbonyl (C=O) groups excluding carboxylic acids is 3. The number of nitrogens with one attached hydrogen (secondary N) is 1. The van der Waals surface area contributed by atoms with E-state index in [0.29, 0.717) is 11.6 Å². The topological polar surface area (TPSA) is 99.5 Å². The van der Waals surface area contributed by atoms with E-state index in [4.69, 9.17) is 16.3 Å². The number of nitrogens with zero attached hydrogens (tertiary/aromatic N) is 2. The van der Waals surface area contributed by atoms with E-state index >= 15 is 0 Å². The number of aromatic nitrogens is 2. The summed E-state index contributed by atoms with van der Waals surface area (Å²) in [7, 11) is 1.12. The van der Waals surface area contributed by atoms with E-state index in [1.54, 1.807) is 10.8 Å². The number of alkyl carbamates (subject to hydrolysis) is 1. The number of methoxy groups -OCH3 is 1. The van der Waals surface area contributed by atoms with Gasteiger partial charge < -0.3 is 9.47 Å². The molecule has 1 aromatic heterocycles. The average molecular weight is 420 g/mol. The molecule has 1 N–H and O–H groups in total. The first-order valence-electron chi connectivity index (χ1n) is 8.77. The van der Waals surface area contributed by atoms with Gasteiger partial charge in [-0.25, -0.2) is 9.59 Å². The first-order chi connectivity index (χ1) is 13.7. The third kappa shape index (κ3) is 5.92. The third-order valence-corrected chi connectivity index (χ3v) is 4.54. The molecule has 0 bridgehead atoms. The fourth-order valence-electron chi connectivity index (χ4n) is 2.57. The minimum absolute atomic E-state index is 0.495. The molecule has 1 atom stereocenters. The highest BCUT2D eigenvalue weighted by Crippen LogP contribution is 2.20. The van der Waals surface area contributed by atoms with Gasteiger partial charge in [-0.05, 0) is 38.5 Å². The second-order valence-corrected chi connectivity index (χ2v) is 6.63. The van der Waals surface area contributed by atoms with Crippen LogP contribution in [0.5, 0.6) is 0 Å². The smallest absolute Gasteiger partial charge is 0.413 e. The number of halogens is 1. The van der Waals surface area contributed by atoms with Crippen molar-refractivity contribution < 1.29 is 23.9 Å². The SMILES string of the molecule is COC(=O)NC(=O)[C@H](C)OC(=O)/C=C/c1c(C)nn(Cc2ccccc2Cl)c1C. The Balaban J connectivity index is 2.06. The van der Waals surface area contributed by atoms with Crippen molar-refractivity contribution in [3.63, 3.8) is 0 Å². The molecule has 9 heteroatoms. The lowest BCUT2D eigenvalue weighted by molar-refractivity contribution is -0.149. The van der Waals surface area contributed by atoms with E-state index < -0.39 is 24.1 Å². The number of imide groups is 1. The summed E-state index contributed by atoms with van der Waals surface area (Å²) in [5.74, 6) is -1.51. The predicted molar refractivity (Wildman–Crippen MR) is 107 cm³/mol. The Morgan fingerprint density at radius 2 is 1.97 bits per heavy atom. The van der Waals surface area contributed by atoms with Gasteiger partial charge in [0.25, 0.3) is 5.91 Å². The predicted octanol–water partition coefficient (Wildman–Crippen LogP) is 3.03. The Kier molecular flexibility index (Phi) is 7.55. The molecular formula is C20H22ClN3O5. The van der Waals surface area contributed by atoms with E-state index in [0.717, 1.165) is 29.6 Å². The Hall–Kier alpha value is -3.13. The molecule has 0 fully saturated rings. The Bertz CT molecular complexity index is 952. The fourth-order valence-corrected chi connectivity index (χ4v) is 2.76. The summed E-state index contributed by atoms with van der Waals surface area (Å²) in [6.45, 7) is 5.55. The van der Waals surface area contributed by atoms with Crippen LogP contribution in [0.2, 0.25) is 5.02 Å². The summed E-state index contributed by atoms with van der Waals surface area (Å²) in [4.78, 5) is 34.7. The van der Waals surface area contributed by atoms with Crippen LogP contribution in [0.4, 0.5) is 4.79 Å². The zero-order valence-corrected chi connectivity index (χ0v) is 17.3. The van der Waals surface area contributed by atoms with Gasteiger partial charge in [-0.1, -0.05) is 29.8 Å². The van der Waals surface area contributed by atoms with Gasteiger partial charge in [-0.15, -0.1) is 0 Å². The molecule has 29 heavy (non-hydrogen) atoms. The highest BCUT2D eigenvalue weighted by atomic mass is 35.5. The lowest BCUT2D eigenvalue weighted by Crippen LogP contribution is -2.39. The second-order valence-electron chi connectivity index (χ2n) is 6.23. The molecule has 0 aliphatic carbocycles. The van der Waals surface area contributed by atoms with Crippen molar-refractivity contribution in [3.8, 4) is 0 Å². The number of benzene rings is 1. The maximum atomic E-state index is 12.0. The normalized spacial score (nSPS) is 11.9. The van der Waals surface area contributed by atoms with E-state index in [1.807, 2.05) is 43.4 Å². The molecule has 2 amide bonds. The van der Waals surface area contributed by atoms with Gasteiger partial charge in [0, 0.05) is 22.4 Å². The molecule has 0 aliphatic heterocycles. The summed E-state index contributed by atoms with van der Waals surface area (Å²) in [5, 5.41) is 7.08. The molecule has 1 aromatic carbocycles. The van der Waals surface area contributed by atoms with Gasteiger partial charge in [-0.2, -0.15) is 5.10 Å². The molecule has 0 saturated heterocycles. The zero-order valence-electron chi connectivity index (χ0n) is 16.6. The molecule has 1 heterocycles. The van der Waals surface area contributed by atoms with Crippen LogP contribution in [-0.4, -0.2) is 41.0 Å². The van der Waals surface area contributed by atoms with Crippen molar-refractivity contribution >= 4 is 35.6 Å². The lowest BCUT2D eigenvalue weighted by Gasteiger charge is -2.10. The Morgan fingerprint density at radius 3 is 2.62 bits per heavy atom. The van der Waals surface area contributed by atoms with Crippen LogP contribution in [0, 0.1) is 13.8 Å². The average Bonchev–Trinajstić information content (AvgIpc) is 2.94. The number of carbonyl (C=O) groups is 3. The van der Waals surface area contributed by atoms with Crippen molar-refractivity contribution in [2.45, 2.75) is 33.4 Å². The molecule has 0 saturated carbocycles. The van der Waals surface area contributed by atoms with Crippen molar-refractivity contribution in [1.29, 1.82) is 0 Å². The highest BCUT2D eigenvalue weighted by Gasteiger charge is 2.19. The molecule has 0 spiro atoms. The van der Waals surface area contributed by atoms with E-state index in [2.05, 4.69) is 9.84 Å². The number of rotatable bonds is 6. The van der Waals surface area contributed by atoms with E-state index in [1.165, 1.54) is 13.0 Å².